The fourth-order valence-corrected chi connectivity index (χ4v) is 2.41. The third-order valence-electron chi connectivity index (χ3n) is 3.74. The second kappa shape index (κ2) is 7.61. The number of methoxy groups -OCH3 is 1. The first kappa shape index (κ1) is 18.0. The highest BCUT2D eigenvalue weighted by molar-refractivity contribution is 5.62. The van der Waals surface area contributed by atoms with Crippen molar-refractivity contribution in [2.24, 2.45) is 0 Å². The van der Waals surface area contributed by atoms with Crippen LogP contribution in [0.15, 0.2) is 60.9 Å². The summed E-state index contributed by atoms with van der Waals surface area (Å²) in [6.07, 6.45) is -0.744. The van der Waals surface area contributed by atoms with Gasteiger partial charge in [0.2, 0.25) is 0 Å². The van der Waals surface area contributed by atoms with E-state index < -0.39 is 11.7 Å². The summed E-state index contributed by atoms with van der Waals surface area (Å²) in [6.45, 7) is 1.23. The Bertz CT molecular complexity index is 858. The van der Waals surface area contributed by atoms with E-state index in [1.807, 2.05) is 18.3 Å². The van der Waals surface area contributed by atoms with Gasteiger partial charge in [-0.3, -0.25) is 4.68 Å². The molecule has 136 valence electrons. The third-order valence-corrected chi connectivity index (χ3v) is 3.74. The lowest BCUT2D eigenvalue weighted by Gasteiger charge is -2.10. The van der Waals surface area contributed by atoms with Crippen LogP contribution in [0.5, 0.6) is 11.5 Å². The number of hydrogen-bond donors (Lipinski definition) is 0. The molecule has 1 heterocycles. The Kier molecular flexibility index (Phi) is 5.27. The normalized spacial score (nSPS) is 11.5. The molecule has 7 heteroatoms. The Morgan fingerprint density at radius 1 is 1.00 bits per heavy atom. The number of rotatable bonds is 6. The van der Waals surface area contributed by atoms with Crippen LogP contribution < -0.4 is 4.74 Å². The molecule has 3 rings (SSSR count). The molecule has 0 saturated carbocycles. The molecule has 0 unspecified atom stereocenters. The molecule has 0 saturated heterocycles. The van der Waals surface area contributed by atoms with E-state index in [2.05, 4.69) is 5.10 Å². The lowest BCUT2D eigenvalue weighted by Crippen LogP contribution is -2.04. The predicted octanol–water partition coefficient (Wildman–Crippen LogP) is 5.01. The number of nitrogens with zero attached hydrogens (tertiary/aromatic N) is 2. The van der Waals surface area contributed by atoms with Gasteiger partial charge in [0.05, 0.1) is 24.9 Å². The van der Waals surface area contributed by atoms with Crippen LogP contribution in [0, 0.1) is 0 Å². The summed E-state index contributed by atoms with van der Waals surface area (Å²) in [7, 11) is 1.63. The van der Waals surface area contributed by atoms with Crippen molar-refractivity contribution in [1.29, 1.82) is 0 Å². The van der Waals surface area contributed by atoms with E-state index in [-0.39, 0.29) is 5.75 Å². The first-order chi connectivity index (χ1) is 12.5. The van der Waals surface area contributed by atoms with Crippen LogP contribution in [0.3, 0.4) is 0 Å². The van der Waals surface area contributed by atoms with E-state index in [1.54, 1.807) is 30.1 Å². The predicted molar refractivity (Wildman–Crippen MR) is 91.1 cm³/mol. The van der Waals surface area contributed by atoms with E-state index >= 15 is 0 Å². The summed E-state index contributed by atoms with van der Waals surface area (Å²) in [5, 5.41) is 4.25. The van der Waals surface area contributed by atoms with E-state index in [1.165, 1.54) is 12.1 Å². The molecule has 26 heavy (non-hydrogen) atoms. The number of hydrogen-bond acceptors (Lipinski definition) is 3. The monoisotopic (exact) mass is 362 g/mol. The maximum absolute atomic E-state index is 12.8. The van der Waals surface area contributed by atoms with Gasteiger partial charge in [-0.25, -0.2) is 0 Å². The maximum atomic E-state index is 12.8. The zero-order valence-corrected chi connectivity index (χ0v) is 14.0. The summed E-state index contributed by atoms with van der Waals surface area (Å²) in [6, 6.07) is 11.9. The van der Waals surface area contributed by atoms with Crippen LogP contribution >= 0.6 is 0 Å². The molecule has 2 aromatic carbocycles. The Hall–Kier alpha value is -2.80. The number of aromatic nitrogens is 2. The van der Waals surface area contributed by atoms with Crippen molar-refractivity contribution in [3.63, 3.8) is 0 Å². The van der Waals surface area contributed by atoms with E-state index in [0.29, 0.717) is 18.9 Å². The van der Waals surface area contributed by atoms with Gasteiger partial charge in [-0.1, -0.05) is 18.2 Å². The van der Waals surface area contributed by atoms with Crippen LogP contribution in [-0.2, 0) is 17.5 Å². The molecule has 0 aliphatic heterocycles. The van der Waals surface area contributed by atoms with Gasteiger partial charge in [-0.05, 0) is 35.9 Å². The Balaban J connectivity index is 1.71. The topological polar surface area (TPSA) is 36.3 Å². The van der Waals surface area contributed by atoms with Crippen LogP contribution in [0.4, 0.5) is 13.2 Å². The van der Waals surface area contributed by atoms with Crippen LogP contribution in [0.2, 0.25) is 0 Å². The van der Waals surface area contributed by atoms with E-state index in [0.717, 1.165) is 23.3 Å². The third kappa shape index (κ3) is 4.43. The average molecular weight is 362 g/mol. The van der Waals surface area contributed by atoms with Crippen molar-refractivity contribution in [3.05, 3.63) is 66.5 Å². The van der Waals surface area contributed by atoms with Crippen molar-refractivity contribution in [1.82, 2.24) is 9.78 Å². The fourth-order valence-electron chi connectivity index (χ4n) is 2.41. The Morgan fingerprint density at radius 3 is 2.46 bits per heavy atom. The summed E-state index contributed by atoms with van der Waals surface area (Å²) in [5.74, 6) is 0.597. The minimum atomic E-state index is -4.40. The lowest BCUT2D eigenvalue weighted by molar-refractivity contribution is -0.137. The van der Waals surface area contributed by atoms with Gasteiger partial charge < -0.3 is 9.47 Å². The standard InChI is InChI=1S/C19H17F3N2O2/c1-25-10-9-24-13-15(12-23-24)14-5-7-17(8-6-14)26-18-4-2-3-16(11-18)19(20,21)22/h2-8,11-13H,9-10H2,1H3. The second-order valence-electron chi connectivity index (χ2n) is 5.64. The largest absolute Gasteiger partial charge is 0.457 e. The average Bonchev–Trinajstić information content (AvgIpc) is 3.09. The van der Waals surface area contributed by atoms with Crippen LogP contribution in [0.1, 0.15) is 5.56 Å². The molecule has 0 fully saturated rings. The summed E-state index contributed by atoms with van der Waals surface area (Å²) >= 11 is 0. The summed E-state index contributed by atoms with van der Waals surface area (Å²) in [5.41, 5.74) is 1.13. The van der Waals surface area contributed by atoms with Crippen LogP contribution in [0.25, 0.3) is 11.1 Å². The number of benzene rings is 2. The molecule has 0 aliphatic carbocycles. The molecule has 3 aromatic rings. The Labute approximate surface area is 148 Å². The van der Waals surface area contributed by atoms with Gasteiger partial charge in [0, 0.05) is 18.9 Å². The molecule has 0 atom stereocenters. The molecule has 0 bridgehead atoms. The zero-order chi connectivity index (χ0) is 18.6. The molecule has 0 amide bonds. The van der Waals surface area contributed by atoms with Crippen LogP contribution in [-0.4, -0.2) is 23.5 Å². The Morgan fingerprint density at radius 2 is 1.77 bits per heavy atom. The van der Waals surface area contributed by atoms with Crippen molar-refractivity contribution >= 4 is 0 Å². The molecule has 1 aromatic heterocycles. The number of ether oxygens (including phenoxy) is 2. The first-order valence-electron chi connectivity index (χ1n) is 7.92. The van der Waals surface area contributed by atoms with Gasteiger partial charge in [0.15, 0.2) is 0 Å². The maximum Gasteiger partial charge on any atom is 0.416 e. The first-order valence-corrected chi connectivity index (χ1v) is 7.92. The van der Waals surface area contributed by atoms with Gasteiger partial charge in [0.1, 0.15) is 11.5 Å². The molecular weight excluding hydrogens is 345 g/mol. The minimum Gasteiger partial charge on any atom is -0.457 e. The highest BCUT2D eigenvalue weighted by Crippen LogP contribution is 2.33. The molecule has 0 radical (unpaired) electrons. The molecule has 4 nitrogen and oxygen atoms in total. The highest BCUT2D eigenvalue weighted by Gasteiger charge is 2.30. The van der Waals surface area contributed by atoms with Crippen molar-refractivity contribution in [2.45, 2.75) is 12.7 Å². The smallest absolute Gasteiger partial charge is 0.416 e. The van der Waals surface area contributed by atoms with Gasteiger partial charge >= 0.3 is 6.18 Å². The van der Waals surface area contributed by atoms with Crippen molar-refractivity contribution in [2.75, 3.05) is 13.7 Å². The lowest BCUT2D eigenvalue weighted by atomic mass is 10.1. The fraction of sp³-hybridized carbons (Fsp3) is 0.211. The summed E-state index contributed by atoms with van der Waals surface area (Å²) in [4.78, 5) is 0. The molecular formula is C19H17F3N2O2. The van der Waals surface area contributed by atoms with E-state index in [4.69, 9.17) is 9.47 Å². The quantitative estimate of drug-likeness (QED) is 0.619. The van der Waals surface area contributed by atoms with Crippen molar-refractivity contribution < 1.29 is 22.6 Å². The molecule has 0 spiro atoms. The highest BCUT2D eigenvalue weighted by atomic mass is 19.4. The number of alkyl halides is 3. The summed E-state index contributed by atoms with van der Waals surface area (Å²) < 4.78 is 50.6. The second-order valence-corrected chi connectivity index (χ2v) is 5.64. The van der Waals surface area contributed by atoms with Gasteiger partial charge in [-0.2, -0.15) is 18.3 Å². The van der Waals surface area contributed by atoms with E-state index in [9.17, 15) is 13.2 Å². The van der Waals surface area contributed by atoms with Crippen molar-refractivity contribution in [3.8, 4) is 22.6 Å². The van der Waals surface area contributed by atoms with Gasteiger partial charge in [-0.15, -0.1) is 0 Å². The SMILES string of the molecule is COCCn1cc(-c2ccc(Oc3cccc(C(F)(F)F)c3)cc2)cn1. The zero-order valence-electron chi connectivity index (χ0n) is 14.0. The molecule has 0 N–H and O–H groups in total. The minimum absolute atomic E-state index is 0.139. The number of halogens is 3. The van der Waals surface area contributed by atoms with Gasteiger partial charge in [0.25, 0.3) is 0 Å². The molecule has 0 aliphatic rings.